The van der Waals surface area contributed by atoms with Crippen molar-refractivity contribution in [1.82, 2.24) is 25.1 Å². The Kier molecular flexibility index (Phi) is 5.82. The molecule has 1 aliphatic rings. The molecule has 4 heterocycles. The molecule has 9 nitrogen and oxygen atoms in total. The number of hydrogen-bond donors (Lipinski definition) is 1. The summed E-state index contributed by atoms with van der Waals surface area (Å²) < 4.78 is 30.4. The summed E-state index contributed by atoms with van der Waals surface area (Å²) in [7, 11) is 0. The van der Waals surface area contributed by atoms with Crippen molar-refractivity contribution in [2.75, 3.05) is 18.5 Å². The number of ether oxygens (including phenoxy) is 2. The first-order chi connectivity index (χ1) is 16.1. The topological polar surface area (TPSA) is 108 Å². The minimum atomic E-state index is -0.395. The van der Waals surface area contributed by atoms with E-state index < -0.39 is 5.82 Å². The smallest absolute Gasteiger partial charge is 0.223 e. The zero-order valence-corrected chi connectivity index (χ0v) is 18.3. The van der Waals surface area contributed by atoms with Crippen molar-refractivity contribution in [2.45, 2.75) is 38.8 Å². The van der Waals surface area contributed by atoms with Gasteiger partial charge in [0.25, 0.3) is 0 Å². The third-order valence-electron chi connectivity index (χ3n) is 5.47. The van der Waals surface area contributed by atoms with E-state index in [0.29, 0.717) is 47.7 Å². The van der Waals surface area contributed by atoms with Gasteiger partial charge >= 0.3 is 0 Å². The number of pyridine rings is 1. The van der Waals surface area contributed by atoms with Crippen LogP contribution in [0.5, 0.6) is 5.75 Å². The van der Waals surface area contributed by atoms with E-state index in [1.807, 2.05) is 19.1 Å². The molecule has 1 saturated heterocycles. The van der Waals surface area contributed by atoms with Gasteiger partial charge < -0.3 is 19.3 Å². The summed E-state index contributed by atoms with van der Waals surface area (Å²) >= 11 is 0. The van der Waals surface area contributed by atoms with E-state index in [1.54, 1.807) is 13.0 Å². The lowest BCUT2D eigenvalue weighted by Crippen LogP contribution is -2.26. The summed E-state index contributed by atoms with van der Waals surface area (Å²) in [6.45, 7) is 4.98. The van der Waals surface area contributed by atoms with E-state index in [0.717, 1.165) is 23.8 Å². The number of halogens is 1. The lowest BCUT2D eigenvalue weighted by molar-refractivity contribution is 0.0261. The second-order valence-electron chi connectivity index (χ2n) is 7.92. The summed E-state index contributed by atoms with van der Waals surface area (Å²) in [6, 6.07) is 6.57. The molecule has 4 aromatic rings. The molecule has 0 bridgehead atoms. The second kappa shape index (κ2) is 9.07. The van der Waals surface area contributed by atoms with Crippen LogP contribution in [0.15, 0.2) is 41.3 Å². The predicted molar refractivity (Wildman–Crippen MR) is 118 cm³/mol. The largest absolute Gasteiger partial charge is 0.488 e. The number of aryl methyl sites for hydroxylation is 1. The average molecular weight is 450 g/mol. The maximum atomic E-state index is 13.5. The normalized spacial score (nSPS) is 15.5. The highest BCUT2D eigenvalue weighted by Crippen LogP contribution is 2.35. The highest BCUT2D eigenvalue weighted by atomic mass is 19.1. The lowest BCUT2D eigenvalue weighted by atomic mass is 10.1. The van der Waals surface area contributed by atoms with Crippen molar-refractivity contribution < 1.29 is 18.4 Å². The van der Waals surface area contributed by atoms with Gasteiger partial charge in [-0.1, -0.05) is 5.16 Å². The molecule has 1 aliphatic heterocycles. The zero-order valence-electron chi connectivity index (χ0n) is 18.3. The van der Waals surface area contributed by atoms with Crippen LogP contribution < -0.4 is 10.1 Å². The highest BCUT2D eigenvalue weighted by molar-refractivity contribution is 5.96. The average Bonchev–Trinajstić information content (AvgIpc) is 3.27. The molecule has 1 fully saturated rings. The standard InChI is InChI=1S/C23H23FN6O3/c1-13(22-29-14(2)33-30-22)28-23-18-9-15(19-4-3-16(24)11-25-19)10-20(21(18)26-12-27-23)32-17-5-7-31-8-6-17/h3-4,9-13,17H,5-8H2,1-2H3,(H,26,27,28). The molecule has 170 valence electrons. The van der Waals surface area contributed by atoms with Gasteiger partial charge in [0.05, 0.1) is 31.1 Å². The molecule has 3 aromatic heterocycles. The van der Waals surface area contributed by atoms with Crippen molar-refractivity contribution >= 4 is 16.7 Å². The van der Waals surface area contributed by atoms with Gasteiger partial charge in [0, 0.05) is 30.7 Å². The van der Waals surface area contributed by atoms with Gasteiger partial charge in [0.2, 0.25) is 5.89 Å². The van der Waals surface area contributed by atoms with E-state index in [-0.39, 0.29) is 12.1 Å². The summed E-state index contributed by atoms with van der Waals surface area (Å²) in [4.78, 5) is 17.5. The fraction of sp³-hybridized carbons (Fsp3) is 0.348. The van der Waals surface area contributed by atoms with E-state index >= 15 is 0 Å². The first-order valence-electron chi connectivity index (χ1n) is 10.8. The van der Waals surface area contributed by atoms with Crippen LogP contribution in [-0.4, -0.2) is 44.4 Å². The van der Waals surface area contributed by atoms with Gasteiger partial charge in [-0.2, -0.15) is 4.98 Å². The Labute approximate surface area is 189 Å². The first-order valence-corrected chi connectivity index (χ1v) is 10.8. The molecule has 0 aliphatic carbocycles. The quantitative estimate of drug-likeness (QED) is 0.461. The molecular formula is C23H23FN6O3. The van der Waals surface area contributed by atoms with Crippen LogP contribution in [0.4, 0.5) is 10.2 Å². The molecule has 0 spiro atoms. The van der Waals surface area contributed by atoms with Crippen LogP contribution in [0.25, 0.3) is 22.2 Å². The predicted octanol–water partition coefficient (Wildman–Crippen LogP) is 4.25. The summed E-state index contributed by atoms with van der Waals surface area (Å²) in [5.41, 5.74) is 2.05. The number of aromatic nitrogens is 5. The maximum Gasteiger partial charge on any atom is 0.223 e. The van der Waals surface area contributed by atoms with Gasteiger partial charge in [-0.25, -0.2) is 14.4 Å². The summed E-state index contributed by atoms with van der Waals surface area (Å²) in [5.74, 6) is 1.83. The lowest BCUT2D eigenvalue weighted by Gasteiger charge is -2.24. The number of nitrogens with one attached hydrogen (secondary N) is 1. The molecule has 0 amide bonds. The van der Waals surface area contributed by atoms with E-state index in [9.17, 15) is 4.39 Å². The number of hydrogen-bond acceptors (Lipinski definition) is 9. The van der Waals surface area contributed by atoms with Crippen LogP contribution in [0.3, 0.4) is 0 Å². The van der Waals surface area contributed by atoms with Crippen molar-refractivity contribution in [1.29, 1.82) is 0 Å². The number of anilines is 1. The molecule has 5 rings (SSSR count). The molecule has 33 heavy (non-hydrogen) atoms. The third kappa shape index (κ3) is 4.61. The number of nitrogens with zero attached hydrogens (tertiary/aromatic N) is 5. The van der Waals surface area contributed by atoms with Crippen molar-refractivity contribution in [2.24, 2.45) is 0 Å². The molecule has 1 N–H and O–H groups in total. The Hall–Kier alpha value is -3.66. The number of fused-ring (bicyclic) bond motifs is 1. The maximum absolute atomic E-state index is 13.5. The van der Waals surface area contributed by atoms with Crippen LogP contribution in [0.1, 0.15) is 37.5 Å². The van der Waals surface area contributed by atoms with Gasteiger partial charge in [-0.15, -0.1) is 0 Å². The third-order valence-corrected chi connectivity index (χ3v) is 5.47. The Balaban J connectivity index is 1.58. The minimum Gasteiger partial charge on any atom is -0.488 e. The van der Waals surface area contributed by atoms with Crippen LogP contribution in [0.2, 0.25) is 0 Å². The van der Waals surface area contributed by atoms with Crippen molar-refractivity contribution in [3.63, 3.8) is 0 Å². The molecular weight excluding hydrogens is 427 g/mol. The Morgan fingerprint density at radius 1 is 1.15 bits per heavy atom. The Morgan fingerprint density at radius 3 is 2.73 bits per heavy atom. The Morgan fingerprint density at radius 2 is 2.00 bits per heavy atom. The zero-order chi connectivity index (χ0) is 22.8. The van der Waals surface area contributed by atoms with Gasteiger partial charge in [0.15, 0.2) is 5.82 Å². The van der Waals surface area contributed by atoms with Crippen LogP contribution in [0, 0.1) is 12.7 Å². The first kappa shape index (κ1) is 21.2. The van der Waals surface area contributed by atoms with Crippen LogP contribution >= 0.6 is 0 Å². The fourth-order valence-corrected chi connectivity index (χ4v) is 3.77. The molecule has 0 saturated carbocycles. The summed E-state index contributed by atoms with van der Waals surface area (Å²) in [5, 5.41) is 8.07. The number of rotatable bonds is 6. The monoisotopic (exact) mass is 450 g/mol. The fourth-order valence-electron chi connectivity index (χ4n) is 3.77. The van der Waals surface area contributed by atoms with Crippen LogP contribution in [-0.2, 0) is 4.74 Å². The van der Waals surface area contributed by atoms with E-state index in [2.05, 4.69) is 30.4 Å². The Bertz CT molecular complexity index is 1260. The molecule has 0 radical (unpaired) electrons. The summed E-state index contributed by atoms with van der Waals surface area (Å²) in [6.07, 6.45) is 4.30. The minimum absolute atomic E-state index is 0.0194. The molecule has 1 aromatic carbocycles. The van der Waals surface area contributed by atoms with Gasteiger partial charge in [-0.05, 0) is 31.2 Å². The van der Waals surface area contributed by atoms with Crippen molar-refractivity contribution in [3.05, 3.63) is 54.3 Å². The highest BCUT2D eigenvalue weighted by Gasteiger charge is 2.21. The second-order valence-corrected chi connectivity index (χ2v) is 7.92. The number of benzene rings is 1. The van der Waals surface area contributed by atoms with E-state index in [4.69, 9.17) is 14.0 Å². The molecule has 1 unspecified atom stereocenters. The van der Waals surface area contributed by atoms with Gasteiger partial charge in [-0.3, -0.25) is 4.98 Å². The molecule has 10 heteroatoms. The van der Waals surface area contributed by atoms with Gasteiger partial charge in [0.1, 0.15) is 35.3 Å². The SMILES string of the molecule is Cc1nc(C(C)Nc2ncnc3c(OC4CCOCC4)cc(-c4ccc(F)cn4)cc23)no1. The molecule has 1 atom stereocenters. The van der Waals surface area contributed by atoms with E-state index in [1.165, 1.54) is 18.6 Å². The van der Waals surface area contributed by atoms with Crippen molar-refractivity contribution in [3.8, 4) is 17.0 Å².